The van der Waals surface area contributed by atoms with E-state index in [2.05, 4.69) is 20.4 Å². The van der Waals surface area contributed by atoms with Crippen molar-refractivity contribution in [2.75, 3.05) is 26.1 Å². The van der Waals surface area contributed by atoms with E-state index in [9.17, 15) is 5.11 Å². The molecule has 0 aliphatic heterocycles. The van der Waals surface area contributed by atoms with Gasteiger partial charge in [0.15, 0.2) is 5.82 Å². The number of hydrogen-bond acceptors (Lipinski definition) is 7. The molecule has 0 saturated carbocycles. The number of aryl methyl sites for hydroxylation is 2. The first-order valence-electron chi connectivity index (χ1n) is 8.50. The van der Waals surface area contributed by atoms with Crippen molar-refractivity contribution in [1.29, 1.82) is 0 Å². The predicted molar refractivity (Wildman–Crippen MR) is 102 cm³/mol. The number of aliphatic hydroxyl groups excluding tert-OH is 1. The Morgan fingerprint density at radius 1 is 1.07 bits per heavy atom. The van der Waals surface area contributed by atoms with Crippen LogP contribution in [0.5, 0.6) is 11.5 Å². The van der Waals surface area contributed by atoms with Crippen molar-refractivity contribution in [3.63, 3.8) is 0 Å². The zero-order chi connectivity index (χ0) is 19.4. The first kappa shape index (κ1) is 18.7. The number of benzene rings is 1. The van der Waals surface area contributed by atoms with Gasteiger partial charge >= 0.3 is 0 Å². The van der Waals surface area contributed by atoms with Crippen LogP contribution in [0.3, 0.4) is 0 Å². The third-order valence-corrected chi connectivity index (χ3v) is 4.08. The summed E-state index contributed by atoms with van der Waals surface area (Å²) >= 11 is 0. The van der Waals surface area contributed by atoms with E-state index < -0.39 is 6.10 Å². The van der Waals surface area contributed by atoms with E-state index in [-0.39, 0.29) is 6.54 Å². The lowest BCUT2D eigenvalue weighted by Gasteiger charge is -2.15. The van der Waals surface area contributed by atoms with Crippen molar-refractivity contribution >= 4 is 5.82 Å². The molecule has 2 aromatic heterocycles. The number of ether oxygens (including phenoxy) is 2. The minimum absolute atomic E-state index is 0.256. The number of anilines is 1. The molecule has 8 heteroatoms. The predicted octanol–water partition coefficient (Wildman–Crippen LogP) is 2.44. The van der Waals surface area contributed by atoms with Crippen molar-refractivity contribution in [3.8, 4) is 17.3 Å². The minimum atomic E-state index is -0.770. The summed E-state index contributed by atoms with van der Waals surface area (Å²) in [6.07, 6.45) is 2.48. The highest BCUT2D eigenvalue weighted by Gasteiger charge is 2.12. The quantitative estimate of drug-likeness (QED) is 0.660. The molecule has 1 aromatic carbocycles. The second-order valence-electron chi connectivity index (χ2n) is 6.14. The van der Waals surface area contributed by atoms with Crippen LogP contribution in [0, 0.1) is 13.8 Å². The zero-order valence-electron chi connectivity index (χ0n) is 15.8. The standard InChI is InChI=1S/C19H23N5O3/c1-12-5-13(2)24(23-12)19-11-20-10-18(22-19)21-9-17(25)14-6-15(26-3)8-16(7-14)27-4/h5-8,10-11,17,25H,9H2,1-4H3,(H,21,22). The first-order chi connectivity index (χ1) is 13.0. The van der Waals surface area contributed by atoms with Crippen molar-refractivity contribution < 1.29 is 14.6 Å². The molecule has 0 radical (unpaired) electrons. The van der Waals surface area contributed by atoms with E-state index in [0.717, 1.165) is 11.4 Å². The summed E-state index contributed by atoms with van der Waals surface area (Å²) in [5.74, 6) is 2.40. The average molecular weight is 369 g/mol. The summed E-state index contributed by atoms with van der Waals surface area (Å²) in [6, 6.07) is 7.27. The summed E-state index contributed by atoms with van der Waals surface area (Å²) in [5, 5.41) is 18.0. The van der Waals surface area contributed by atoms with E-state index in [1.807, 2.05) is 19.9 Å². The highest BCUT2D eigenvalue weighted by atomic mass is 16.5. The Hall–Kier alpha value is -3.13. The summed E-state index contributed by atoms with van der Waals surface area (Å²) < 4.78 is 12.2. The fraction of sp³-hybridized carbons (Fsp3) is 0.316. The van der Waals surface area contributed by atoms with Crippen LogP contribution in [0.4, 0.5) is 5.82 Å². The lowest BCUT2D eigenvalue weighted by Crippen LogP contribution is -2.14. The number of rotatable bonds is 7. The second-order valence-corrected chi connectivity index (χ2v) is 6.14. The van der Waals surface area contributed by atoms with Crippen LogP contribution in [-0.2, 0) is 0 Å². The molecule has 2 N–H and O–H groups in total. The number of nitrogens with zero attached hydrogens (tertiary/aromatic N) is 4. The van der Waals surface area contributed by atoms with Gasteiger partial charge in [-0.1, -0.05) is 0 Å². The van der Waals surface area contributed by atoms with Crippen LogP contribution in [0.25, 0.3) is 5.82 Å². The number of aliphatic hydroxyl groups is 1. The van der Waals surface area contributed by atoms with E-state index in [0.29, 0.717) is 28.7 Å². The number of aromatic nitrogens is 4. The van der Waals surface area contributed by atoms with Crippen molar-refractivity contribution in [2.24, 2.45) is 0 Å². The maximum Gasteiger partial charge on any atom is 0.174 e. The largest absolute Gasteiger partial charge is 0.497 e. The molecule has 3 rings (SSSR count). The zero-order valence-corrected chi connectivity index (χ0v) is 15.8. The van der Waals surface area contributed by atoms with Gasteiger partial charge in [0.2, 0.25) is 0 Å². The molecule has 8 nitrogen and oxygen atoms in total. The van der Waals surface area contributed by atoms with Gasteiger partial charge in [-0.15, -0.1) is 0 Å². The summed E-state index contributed by atoms with van der Waals surface area (Å²) in [4.78, 5) is 8.73. The summed E-state index contributed by atoms with van der Waals surface area (Å²) in [7, 11) is 3.15. The van der Waals surface area contributed by atoms with Crippen LogP contribution >= 0.6 is 0 Å². The third kappa shape index (κ3) is 4.35. The highest BCUT2D eigenvalue weighted by Crippen LogP contribution is 2.26. The lowest BCUT2D eigenvalue weighted by molar-refractivity contribution is 0.190. The minimum Gasteiger partial charge on any atom is -0.497 e. The molecule has 0 aliphatic rings. The molecule has 1 atom stereocenters. The lowest BCUT2D eigenvalue weighted by atomic mass is 10.1. The first-order valence-corrected chi connectivity index (χ1v) is 8.50. The highest BCUT2D eigenvalue weighted by molar-refractivity contribution is 5.41. The molecule has 142 valence electrons. The Bertz CT molecular complexity index is 903. The van der Waals surface area contributed by atoms with Crippen LogP contribution in [0.1, 0.15) is 23.1 Å². The molecule has 0 bridgehead atoms. The van der Waals surface area contributed by atoms with Gasteiger partial charge in [-0.3, -0.25) is 4.98 Å². The van der Waals surface area contributed by atoms with Gasteiger partial charge in [-0.05, 0) is 37.6 Å². The average Bonchev–Trinajstić information content (AvgIpc) is 3.03. The van der Waals surface area contributed by atoms with E-state index in [1.165, 1.54) is 0 Å². The Labute approximate surface area is 157 Å². The van der Waals surface area contributed by atoms with Gasteiger partial charge in [-0.25, -0.2) is 9.67 Å². The molecule has 0 amide bonds. The van der Waals surface area contributed by atoms with Gasteiger partial charge in [0.05, 0.1) is 38.4 Å². The maximum atomic E-state index is 10.5. The van der Waals surface area contributed by atoms with Crippen molar-refractivity contribution in [3.05, 3.63) is 53.6 Å². The molecule has 0 spiro atoms. The number of nitrogens with one attached hydrogen (secondary N) is 1. The van der Waals surface area contributed by atoms with Gasteiger partial charge in [0.1, 0.15) is 17.3 Å². The molecule has 0 aliphatic carbocycles. The maximum absolute atomic E-state index is 10.5. The molecular formula is C19H23N5O3. The Balaban J connectivity index is 1.73. The third-order valence-electron chi connectivity index (χ3n) is 4.08. The van der Waals surface area contributed by atoms with Gasteiger partial charge in [-0.2, -0.15) is 5.10 Å². The number of hydrogen-bond donors (Lipinski definition) is 2. The van der Waals surface area contributed by atoms with Crippen LogP contribution in [0.2, 0.25) is 0 Å². The smallest absolute Gasteiger partial charge is 0.174 e. The van der Waals surface area contributed by atoms with Crippen molar-refractivity contribution in [2.45, 2.75) is 20.0 Å². The van der Waals surface area contributed by atoms with Crippen molar-refractivity contribution in [1.82, 2.24) is 19.7 Å². The fourth-order valence-corrected chi connectivity index (χ4v) is 2.74. The molecular weight excluding hydrogens is 346 g/mol. The monoisotopic (exact) mass is 369 g/mol. The molecule has 27 heavy (non-hydrogen) atoms. The molecule has 0 fully saturated rings. The van der Waals surface area contributed by atoms with Crippen LogP contribution in [-0.4, -0.2) is 45.6 Å². The molecule has 2 heterocycles. The summed E-state index contributed by atoms with van der Waals surface area (Å²) in [5.41, 5.74) is 2.57. The molecule has 0 saturated heterocycles. The fourth-order valence-electron chi connectivity index (χ4n) is 2.74. The summed E-state index contributed by atoms with van der Waals surface area (Å²) in [6.45, 7) is 4.14. The van der Waals surface area contributed by atoms with Gasteiger partial charge in [0.25, 0.3) is 0 Å². The second kappa shape index (κ2) is 8.05. The Morgan fingerprint density at radius 2 is 1.78 bits per heavy atom. The molecule has 1 unspecified atom stereocenters. The van der Waals surface area contributed by atoms with Crippen LogP contribution in [0.15, 0.2) is 36.7 Å². The topological polar surface area (TPSA) is 94.3 Å². The Morgan fingerprint density at radius 3 is 2.37 bits per heavy atom. The van der Waals surface area contributed by atoms with E-state index in [4.69, 9.17) is 9.47 Å². The van der Waals surface area contributed by atoms with E-state index >= 15 is 0 Å². The normalized spacial score (nSPS) is 11.9. The number of methoxy groups -OCH3 is 2. The van der Waals surface area contributed by atoms with Gasteiger partial charge < -0.3 is 19.9 Å². The van der Waals surface area contributed by atoms with E-state index in [1.54, 1.807) is 49.5 Å². The SMILES string of the molecule is COc1cc(OC)cc(C(O)CNc2cncc(-n3nc(C)cc3C)n2)c1. The van der Waals surface area contributed by atoms with Crippen LogP contribution < -0.4 is 14.8 Å². The van der Waals surface area contributed by atoms with Gasteiger partial charge in [0, 0.05) is 18.3 Å². The Kier molecular flexibility index (Phi) is 5.56. The molecule has 3 aromatic rings.